The summed E-state index contributed by atoms with van der Waals surface area (Å²) >= 11 is 0. The predicted molar refractivity (Wildman–Crippen MR) is 84.0 cm³/mol. The summed E-state index contributed by atoms with van der Waals surface area (Å²) in [6.07, 6.45) is -4.65. The topological polar surface area (TPSA) is 63.2 Å². The van der Waals surface area contributed by atoms with Gasteiger partial charge in [-0.25, -0.2) is 8.42 Å². The van der Waals surface area contributed by atoms with Crippen molar-refractivity contribution >= 4 is 21.4 Å². The van der Waals surface area contributed by atoms with Gasteiger partial charge in [0.2, 0.25) is 5.91 Å². The number of carbonyl (C=O) groups excluding carboxylic acids is 1. The minimum Gasteiger partial charge on any atom is -0.325 e. The number of nitrogens with one attached hydrogen (secondary N) is 1. The molecule has 2 aromatic carbocycles. The molecular formula is C16H14F3NO3S. The zero-order valence-corrected chi connectivity index (χ0v) is 13.2. The van der Waals surface area contributed by atoms with E-state index < -0.39 is 38.9 Å². The van der Waals surface area contributed by atoms with Crippen LogP contribution in [0.1, 0.15) is 11.1 Å². The van der Waals surface area contributed by atoms with E-state index in [1.54, 1.807) is 30.3 Å². The second-order valence-corrected chi connectivity index (χ2v) is 7.17. The number of hydrogen-bond acceptors (Lipinski definition) is 3. The van der Waals surface area contributed by atoms with Gasteiger partial charge in [-0.3, -0.25) is 4.79 Å². The van der Waals surface area contributed by atoms with Crippen LogP contribution in [0.4, 0.5) is 18.9 Å². The summed E-state index contributed by atoms with van der Waals surface area (Å²) in [7, 11) is -3.80. The van der Waals surface area contributed by atoms with Crippen molar-refractivity contribution < 1.29 is 26.4 Å². The van der Waals surface area contributed by atoms with Gasteiger partial charge in [-0.1, -0.05) is 42.5 Å². The molecule has 0 aliphatic heterocycles. The summed E-state index contributed by atoms with van der Waals surface area (Å²) in [4.78, 5) is 11.8. The lowest BCUT2D eigenvalue weighted by Crippen LogP contribution is -2.25. The number of hydrogen-bond donors (Lipinski definition) is 1. The third-order valence-corrected chi connectivity index (χ3v) is 4.56. The van der Waals surface area contributed by atoms with Crippen molar-refractivity contribution in [3.63, 3.8) is 0 Å². The second kappa shape index (κ2) is 7.04. The molecule has 0 radical (unpaired) electrons. The minimum atomic E-state index is -4.65. The van der Waals surface area contributed by atoms with Gasteiger partial charge in [-0.05, 0) is 17.7 Å². The first-order valence-electron chi connectivity index (χ1n) is 6.88. The first-order chi connectivity index (χ1) is 11.2. The number of alkyl halides is 3. The number of carbonyl (C=O) groups is 1. The Labute approximate surface area is 137 Å². The molecule has 1 amide bonds. The van der Waals surface area contributed by atoms with E-state index in [9.17, 15) is 26.4 Å². The van der Waals surface area contributed by atoms with Gasteiger partial charge in [0.25, 0.3) is 0 Å². The Hall–Kier alpha value is -2.35. The van der Waals surface area contributed by atoms with Crippen LogP contribution in [0.5, 0.6) is 0 Å². The number of amides is 1. The molecule has 0 spiro atoms. The number of sulfone groups is 1. The Morgan fingerprint density at radius 2 is 1.54 bits per heavy atom. The minimum absolute atomic E-state index is 0.359. The Morgan fingerprint density at radius 1 is 0.958 bits per heavy atom. The Kier molecular flexibility index (Phi) is 5.28. The SMILES string of the molecule is O=C(CS(=O)(=O)Cc1ccccc1)Nc1ccccc1C(F)(F)F. The summed E-state index contributed by atoms with van der Waals surface area (Å²) in [5.74, 6) is -2.27. The molecule has 0 aliphatic carbocycles. The lowest BCUT2D eigenvalue weighted by Gasteiger charge is -2.13. The van der Waals surface area contributed by atoms with Crippen LogP contribution >= 0.6 is 0 Å². The van der Waals surface area contributed by atoms with E-state index in [4.69, 9.17) is 0 Å². The molecule has 0 heterocycles. The Bertz CT molecular complexity index is 818. The first-order valence-corrected chi connectivity index (χ1v) is 8.70. The third-order valence-electron chi connectivity index (χ3n) is 3.09. The maximum atomic E-state index is 12.9. The summed E-state index contributed by atoms with van der Waals surface area (Å²) < 4.78 is 62.6. The summed E-state index contributed by atoms with van der Waals surface area (Å²) in [6, 6.07) is 12.6. The molecule has 4 nitrogen and oxygen atoms in total. The molecule has 0 bridgehead atoms. The van der Waals surface area contributed by atoms with Crippen LogP contribution in [0.3, 0.4) is 0 Å². The maximum Gasteiger partial charge on any atom is 0.418 e. The number of para-hydroxylation sites is 1. The number of benzene rings is 2. The highest BCUT2D eigenvalue weighted by Crippen LogP contribution is 2.34. The van der Waals surface area contributed by atoms with Crippen LogP contribution in [0, 0.1) is 0 Å². The van der Waals surface area contributed by atoms with Crippen molar-refractivity contribution in [2.45, 2.75) is 11.9 Å². The van der Waals surface area contributed by atoms with Gasteiger partial charge in [-0.15, -0.1) is 0 Å². The third kappa shape index (κ3) is 5.09. The lowest BCUT2D eigenvalue weighted by atomic mass is 10.1. The van der Waals surface area contributed by atoms with E-state index in [1.807, 2.05) is 5.32 Å². The van der Waals surface area contributed by atoms with Crippen LogP contribution in [-0.4, -0.2) is 20.1 Å². The largest absolute Gasteiger partial charge is 0.418 e. The van der Waals surface area contributed by atoms with Crippen LogP contribution in [-0.2, 0) is 26.6 Å². The van der Waals surface area contributed by atoms with Gasteiger partial charge in [-0.2, -0.15) is 13.2 Å². The average molecular weight is 357 g/mol. The van der Waals surface area contributed by atoms with E-state index in [0.29, 0.717) is 5.56 Å². The molecule has 1 N–H and O–H groups in total. The van der Waals surface area contributed by atoms with E-state index in [-0.39, 0.29) is 5.75 Å². The van der Waals surface area contributed by atoms with Crippen molar-refractivity contribution in [2.24, 2.45) is 0 Å². The Balaban J connectivity index is 2.09. The molecule has 0 saturated heterocycles. The normalized spacial score (nSPS) is 12.0. The van der Waals surface area contributed by atoms with E-state index >= 15 is 0 Å². The highest BCUT2D eigenvalue weighted by molar-refractivity contribution is 7.91. The van der Waals surface area contributed by atoms with Crippen LogP contribution < -0.4 is 5.32 Å². The fourth-order valence-electron chi connectivity index (χ4n) is 2.10. The van der Waals surface area contributed by atoms with Gasteiger partial charge in [0, 0.05) is 0 Å². The average Bonchev–Trinajstić information content (AvgIpc) is 2.46. The van der Waals surface area contributed by atoms with Crippen molar-refractivity contribution in [2.75, 3.05) is 11.1 Å². The van der Waals surface area contributed by atoms with Gasteiger partial charge < -0.3 is 5.32 Å². The van der Waals surface area contributed by atoms with Gasteiger partial charge in [0.1, 0.15) is 5.75 Å². The smallest absolute Gasteiger partial charge is 0.325 e. The molecule has 0 unspecified atom stereocenters. The van der Waals surface area contributed by atoms with Crippen LogP contribution in [0.2, 0.25) is 0 Å². The molecule has 0 saturated carbocycles. The lowest BCUT2D eigenvalue weighted by molar-refractivity contribution is -0.137. The number of anilines is 1. The van der Waals surface area contributed by atoms with Crippen LogP contribution in [0.15, 0.2) is 54.6 Å². The van der Waals surface area contributed by atoms with Crippen LogP contribution in [0.25, 0.3) is 0 Å². The first kappa shape index (κ1) is 18.0. The van der Waals surface area contributed by atoms with Crippen molar-refractivity contribution in [3.05, 3.63) is 65.7 Å². The quantitative estimate of drug-likeness (QED) is 0.893. The summed E-state index contributed by atoms with van der Waals surface area (Å²) in [5, 5.41) is 2.02. The van der Waals surface area contributed by atoms with E-state index in [1.165, 1.54) is 12.1 Å². The molecule has 0 aromatic heterocycles. The molecule has 2 rings (SSSR count). The van der Waals surface area contributed by atoms with Gasteiger partial charge in [0.15, 0.2) is 9.84 Å². The predicted octanol–water partition coefficient (Wildman–Crippen LogP) is 3.26. The number of rotatable bonds is 5. The fourth-order valence-corrected chi connectivity index (χ4v) is 3.38. The van der Waals surface area contributed by atoms with Crippen molar-refractivity contribution in [1.29, 1.82) is 0 Å². The molecule has 0 fully saturated rings. The summed E-state index contributed by atoms with van der Waals surface area (Å²) in [6.45, 7) is 0. The highest BCUT2D eigenvalue weighted by Gasteiger charge is 2.33. The standard InChI is InChI=1S/C16H14F3NO3S/c17-16(18,19)13-8-4-5-9-14(13)20-15(21)11-24(22,23)10-12-6-2-1-3-7-12/h1-9H,10-11H2,(H,20,21). The van der Waals surface area contributed by atoms with Crippen molar-refractivity contribution in [3.8, 4) is 0 Å². The number of halogens is 3. The molecule has 8 heteroatoms. The van der Waals surface area contributed by atoms with Gasteiger partial charge in [0.05, 0.1) is 17.0 Å². The summed E-state index contributed by atoms with van der Waals surface area (Å²) in [5.41, 5.74) is -0.996. The van der Waals surface area contributed by atoms with Gasteiger partial charge >= 0.3 is 6.18 Å². The van der Waals surface area contributed by atoms with Crippen molar-refractivity contribution in [1.82, 2.24) is 0 Å². The molecule has 128 valence electrons. The molecule has 0 atom stereocenters. The van der Waals surface area contributed by atoms with E-state index in [0.717, 1.165) is 12.1 Å². The zero-order valence-electron chi connectivity index (χ0n) is 12.4. The second-order valence-electron chi connectivity index (χ2n) is 5.11. The monoisotopic (exact) mass is 357 g/mol. The molecule has 0 aliphatic rings. The fraction of sp³-hybridized carbons (Fsp3) is 0.188. The Morgan fingerprint density at radius 3 is 2.17 bits per heavy atom. The maximum absolute atomic E-state index is 12.9. The highest BCUT2D eigenvalue weighted by atomic mass is 32.2. The molecule has 24 heavy (non-hydrogen) atoms. The molecular weight excluding hydrogens is 343 g/mol. The van der Waals surface area contributed by atoms with E-state index in [2.05, 4.69) is 0 Å². The molecule has 2 aromatic rings. The zero-order chi connectivity index (χ0) is 17.8.